The zero-order chi connectivity index (χ0) is 10.8. The van der Waals surface area contributed by atoms with Crippen LogP contribution in [0.4, 0.5) is 17.6 Å². The Kier molecular flexibility index (Phi) is 3.48. The summed E-state index contributed by atoms with van der Waals surface area (Å²) in [5, 5.41) is 0.465. The van der Waals surface area contributed by atoms with Gasteiger partial charge in [0.25, 0.3) is 0 Å². The van der Waals surface area contributed by atoms with Gasteiger partial charge in [-0.3, -0.25) is 5.01 Å². The molecule has 0 saturated heterocycles. The van der Waals surface area contributed by atoms with Gasteiger partial charge < -0.3 is 0 Å². The molecule has 0 aromatic rings. The van der Waals surface area contributed by atoms with E-state index in [-0.39, 0.29) is 0 Å². The molecule has 13 heavy (non-hydrogen) atoms. The highest BCUT2D eigenvalue weighted by Crippen LogP contribution is 2.31. The van der Waals surface area contributed by atoms with Crippen LogP contribution in [0.2, 0.25) is 0 Å². The normalized spacial score (nSPS) is 13.8. The monoisotopic (exact) mass is 198 g/mol. The molecule has 6 heteroatoms. The van der Waals surface area contributed by atoms with Crippen LogP contribution in [0.1, 0.15) is 6.92 Å². The van der Waals surface area contributed by atoms with Crippen LogP contribution in [0, 0.1) is 0 Å². The van der Waals surface area contributed by atoms with Gasteiger partial charge in [0.15, 0.2) is 0 Å². The summed E-state index contributed by atoms with van der Waals surface area (Å²) in [6.45, 7) is 3.69. The summed E-state index contributed by atoms with van der Waals surface area (Å²) in [7, 11) is 1.10. The third-order valence-electron chi connectivity index (χ3n) is 1.41. The molecule has 0 bridgehead atoms. The molecule has 0 aromatic carbocycles. The van der Waals surface area contributed by atoms with Gasteiger partial charge in [0.1, 0.15) is 0 Å². The van der Waals surface area contributed by atoms with E-state index in [0.29, 0.717) is 5.01 Å². The molecule has 0 radical (unpaired) electrons. The van der Waals surface area contributed by atoms with E-state index in [9.17, 15) is 17.6 Å². The summed E-state index contributed by atoms with van der Waals surface area (Å²) in [4.78, 5) is 0. The number of alkyl halides is 3. The molecule has 0 fully saturated rings. The van der Waals surface area contributed by atoms with Crippen molar-refractivity contribution in [3.8, 4) is 0 Å². The molecule has 0 aliphatic rings. The fourth-order valence-corrected chi connectivity index (χ4v) is 0.602. The first kappa shape index (κ1) is 12.0. The Hall–Kier alpha value is -1.04. The van der Waals surface area contributed by atoms with Crippen molar-refractivity contribution in [2.75, 3.05) is 7.05 Å². The highest BCUT2D eigenvalue weighted by atomic mass is 19.4. The molecule has 0 rings (SSSR count). The van der Waals surface area contributed by atoms with Gasteiger partial charge in [0, 0.05) is 12.6 Å². The van der Waals surface area contributed by atoms with Crippen molar-refractivity contribution in [2.45, 2.75) is 13.1 Å². The number of hydrogen-bond donors (Lipinski definition) is 1. The lowest BCUT2D eigenvalue weighted by Crippen LogP contribution is -2.25. The molecule has 0 aliphatic heterocycles. The van der Waals surface area contributed by atoms with E-state index >= 15 is 0 Å². The van der Waals surface area contributed by atoms with Crippen molar-refractivity contribution in [3.63, 3.8) is 0 Å². The minimum Gasteiger partial charge on any atom is -0.290 e. The zero-order valence-corrected chi connectivity index (χ0v) is 7.24. The van der Waals surface area contributed by atoms with Crippen LogP contribution in [0.3, 0.4) is 0 Å². The smallest absolute Gasteiger partial charge is 0.290 e. The molecule has 0 aromatic heterocycles. The van der Waals surface area contributed by atoms with Crippen LogP contribution < -0.4 is 5.84 Å². The van der Waals surface area contributed by atoms with Crippen LogP contribution in [0.5, 0.6) is 0 Å². The summed E-state index contributed by atoms with van der Waals surface area (Å²) in [5.41, 5.74) is -1.85. The molecule has 2 N–H and O–H groups in total. The van der Waals surface area contributed by atoms with E-state index in [2.05, 4.69) is 6.58 Å². The summed E-state index contributed by atoms with van der Waals surface area (Å²) in [6.07, 6.45) is -4.63. The number of nitrogens with two attached hydrogens (primary N) is 1. The fourth-order valence-electron chi connectivity index (χ4n) is 0.602. The van der Waals surface area contributed by atoms with Crippen LogP contribution in [0.25, 0.3) is 0 Å². The molecule has 0 aliphatic carbocycles. The predicted molar refractivity (Wildman–Crippen MR) is 41.0 cm³/mol. The van der Waals surface area contributed by atoms with E-state index in [1.165, 1.54) is 0 Å². The van der Waals surface area contributed by atoms with E-state index in [4.69, 9.17) is 5.84 Å². The lowest BCUT2D eigenvalue weighted by Gasteiger charge is -2.15. The minimum atomic E-state index is -4.63. The molecular formula is C7H10F4N2. The third kappa shape index (κ3) is 3.06. The maximum atomic E-state index is 12.8. The van der Waals surface area contributed by atoms with Crippen molar-refractivity contribution in [2.24, 2.45) is 5.84 Å². The number of rotatable bonds is 2. The Balaban J connectivity index is 4.90. The molecule has 0 saturated carbocycles. The summed E-state index contributed by atoms with van der Waals surface area (Å²) < 4.78 is 48.7. The molecule has 0 spiro atoms. The lowest BCUT2D eigenvalue weighted by atomic mass is 10.1. The van der Waals surface area contributed by atoms with Crippen molar-refractivity contribution in [3.05, 3.63) is 23.7 Å². The number of nitrogens with zero attached hydrogens (tertiary/aromatic N) is 1. The van der Waals surface area contributed by atoms with Crippen LogP contribution >= 0.6 is 0 Å². The quantitative estimate of drug-likeness (QED) is 0.242. The summed E-state index contributed by atoms with van der Waals surface area (Å²) in [5.74, 6) is 3.76. The van der Waals surface area contributed by atoms with Crippen molar-refractivity contribution < 1.29 is 17.6 Å². The Bertz CT molecular complexity index is 239. The summed E-state index contributed by atoms with van der Waals surface area (Å²) in [6, 6.07) is 0. The van der Waals surface area contributed by atoms with Crippen molar-refractivity contribution in [1.29, 1.82) is 0 Å². The number of hydrogen-bond acceptors (Lipinski definition) is 2. The molecule has 0 atom stereocenters. The second kappa shape index (κ2) is 3.78. The largest absolute Gasteiger partial charge is 0.416 e. The Morgan fingerprint density at radius 2 is 1.77 bits per heavy atom. The topological polar surface area (TPSA) is 29.3 Å². The molecule has 0 heterocycles. The summed E-state index contributed by atoms with van der Waals surface area (Å²) >= 11 is 0. The maximum absolute atomic E-state index is 12.8. The number of hydrazine groups is 1. The van der Waals surface area contributed by atoms with Crippen molar-refractivity contribution in [1.82, 2.24) is 5.01 Å². The van der Waals surface area contributed by atoms with Crippen molar-refractivity contribution >= 4 is 0 Å². The highest BCUT2D eigenvalue weighted by molar-refractivity contribution is 5.31. The standard InChI is InChI=1S/C7H10F4N2/c1-4(6(8)13(3)12)5(2)7(9,10)11/h2,12H2,1,3H3/b6-4-. The number of halogens is 4. The average molecular weight is 198 g/mol. The van der Waals surface area contributed by atoms with E-state index in [0.717, 1.165) is 14.0 Å². The second-order valence-corrected chi connectivity index (χ2v) is 2.50. The first-order valence-electron chi connectivity index (χ1n) is 3.29. The van der Waals surface area contributed by atoms with Gasteiger partial charge in [-0.2, -0.15) is 17.6 Å². The predicted octanol–water partition coefficient (Wildman–Crippen LogP) is 2.11. The lowest BCUT2D eigenvalue weighted by molar-refractivity contribution is -0.0893. The van der Waals surface area contributed by atoms with Gasteiger partial charge in [-0.15, -0.1) is 0 Å². The fraction of sp³-hybridized carbons (Fsp3) is 0.429. The minimum absolute atomic E-state index is 0.465. The molecule has 0 amide bonds. The van der Waals surface area contributed by atoms with Gasteiger partial charge >= 0.3 is 6.18 Å². The van der Waals surface area contributed by atoms with Crippen LogP contribution in [-0.4, -0.2) is 18.2 Å². The number of allylic oxidation sites excluding steroid dienone is 2. The van der Waals surface area contributed by atoms with Gasteiger partial charge in [-0.05, 0) is 6.92 Å². The van der Waals surface area contributed by atoms with Crippen LogP contribution in [-0.2, 0) is 0 Å². The molecule has 0 unspecified atom stereocenters. The van der Waals surface area contributed by atoms with E-state index in [1.54, 1.807) is 0 Å². The second-order valence-electron chi connectivity index (χ2n) is 2.50. The van der Waals surface area contributed by atoms with Gasteiger partial charge in [0.05, 0.1) is 5.57 Å². The SMILES string of the molecule is C=C(/C(C)=C(/F)N(C)N)C(F)(F)F. The highest BCUT2D eigenvalue weighted by Gasteiger charge is 2.34. The third-order valence-corrected chi connectivity index (χ3v) is 1.41. The first-order valence-corrected chi connectivity index (χ1v) is 3.29. The van der Waals surface area contributed by atoms with E-state index in [1.807, 2.05) is 0 Å². The Labute approximate surface area is 73.3 Å². The average Bonchev–Trinajstić information content (AvgIpc) is 1.98. The van der Waals surface area contributed by atoms with Gasteiger partial charge in [0.2, 0.25) is 5.95 Å². The maximum Gasteiger partial charge on any atom is 0.416 e. The van der Waals surface area contributed by atoms with E-state index < -0.39 is 23.3 Å². The molecular weight excluding hydrogens is 188 g/mol. The van der Waals surface area contributed by atoms with Gasteiger partial charge in [-0.25, -0.2) is 5.84 Å². The molecule has 2 nitrogen and oxygen atoms in total. The Morgan fingerprint density at radius 1 is 1.38 bits per heavy atom. The molecule has 76 valence electrons. The zero-order valence-electron chi connectivity index (χ0n) is 7.24. The van der Waals surface area contributed by atoms with Crippen LogP contribution in [0.15, 0.2) is 23.7 Å². The Morgan fingerprint density at radius 3 is 2.00 bits per heavy atom. The first-order chi connectivity index (χ1) is 5.68. The van der Waals surface area contributed by atoms with Gasteiger partial charge in [-0.1, -0.05) is 6.58 Å².